The average molecular weight is 192 g/mol. The molecule has 5 N–H and O–H groups in total. The number of hydrogen-bond acceptors (Lipinski definition) is 6. The Morgan fingerprint density at radius 1 is 1.31 bits per heavy atom. The normalized spacial score (nSPS) is 36.5. The van der Waals surface area contributed by atoms with Crippen LogP contribution in [-0.2, 0) is 0 Å². The van der Waals surface area contributed by atoms with Crippen LogP contribution < -0.4 is 5.43 Å². The largest absolute Gasteiger partial charge is 0.395 e. The highest BCUT2D eigenvalue weighted by Crippen LogP contribution is 2.10. The van der Waals surface area contributed by atoms with Crippen molar-refractivity contribution in [1.82, 2.24) is 10.4 Å². The summed E-state index contributed by atoms with van der Waals surface area (Å²) in [6.45, 7) is 0.226. The van der Waals surface area contributed by atoms with Gasteiger partial charge in [-0.05, 0) is 0 Å². The summed E-state index contributed by atoms with van der Waals surface area (Å²) in [6.07, 6.45) is -1.84. The fourth-order valence-electron chi connectivity index (χ4n) is 1.45. The highest BCUT2D eigenvalue weighted by molar-refractivity contribution is 4.87. The van der Waals surface area contributed by atoms with Gasteiger partial charge in [0.25, 0.3) is 0 Å². The fraction of sp³-hybridized carbons (Fsp3) is 1.00. The molecule has 1 fully saturated rings. The van der Waals surface area contributed by atoms with Gasteiger partial charge in [-0.25, -0.2) is 5.01 Å². The number of aliphatic hydroxyl groups is 4. The van der Waals surface area contributed by atoms with Gasteiger partial charge in [0.05, 0.1) is 25.4 Å². The van der Waals surface area contributed by atoms with Crippen LogP contribution in [0.25, 0.3) is 0 Å². The van der Waals surface area contributed by atoms with Gasteiger partial charge in [-0.2, -0.15) is 0 Å². The van der Waals surface area contributed by atoms with Crippen LogP contribution in [0.2, 0.25) is 0 Å². The van der Waals surface area contributed by atoms with Crippen LogP contribution in [0.5, 0.6) is 0 Å². The second-order valence-corrected chi connectivity index (χ2v) is 3.09. The van der Waals surface area contributed by atoms with Gasteiger partial charge in [-0.15, -0.1) is 0 Å². The summed E-state index contributed by atoms with van der Waals surface area (Å²) in [5.74, 6) is 0. The number of β-amino-alcohol motifs (C(OH)–C–C–N with tert-alkyl or cyclic N) is 2. The number of aliphatic hydroxyl groups excluding tert-OH is 4. The van der Waals surface area contributed by atoms with Crippen LogP contribution >= 0.6 is 0 Å². The van der Waals surface area contributed by atoms with E-state index >= 15 is 0 Å². The maximum atomic E-state index is 9.46. The van der Waals surface area contributed by atoms with Crippen molar-refractivity contribution in [2.75, 3.05) is 26.3 Å². The van der Waals surface area contributed by atoms with Crippen molar-refractivity contribution in [2.24, 2.45) is 0 Å². The molecule has 13 heavy (non-hydrogen) atoms. The summed E-state index contributed by atoms with van der Waals surface area (Å²) >= 11 is 0. The lowest BCUT2D eigenvalue weighted by Crippen LogP contribution is -2.64. The smallest absolute Gasteiger partial charge is 0.100 e. The Bertz CT molecular complexity index is 157. The zero-order valence-corrected chi connectivity index (χ0v) is 7.30. The van der Waals surface area contributed by atoms with E-state index in [0.29, 0.717) is 6.54 Å². The second kappa shape index (κ2) is 4.85. The third kappa shape index (κ3) is 2.37. The van der Waals surface area contributed by atoms with Gasteiger partial charge in [0.1, 0.15) is 6.10 Å². The molecule has 0 amide bonds. The second-order valence-electron chi connectivity index (χ2n) is 3.09. The van der Waals surface area contributed by atoms with Crippen LogP contribution in [0.4, 0.5) is 0 Å². The molecule has 1 aliphatic rings. The molecule has 78 valence electrons. The van der Waals surface area contributed by atoms with Crippen molar-refractivity contribution in [3.05, 3.63) is 0 Å². The first-order valence-corrected chi connectivity index (χ1v) is 4.28. The van der Waals surface area contributed by atoms with Crippen molar-refractivity contribution in [1.29, 1.82) is 0 Å². The third-order valence-electron chi connectivity index (χ3n) is 2.22. The van der Waals surface area contributed by atoms with Gasteiger partial charge in [-0.3, -0.25) is 5.43 Å². The van der Waals surface area contributed by atoms with Crippen LogP contribution in [0.1, 0.15) is 0 Å². The Kier molecular flexibility index (Phi) is 4.04. The van der Waals surface area contributed by atoms with E-state index in [1.165, 1.54) is 5.01 Å². The minimum atomic E-state index is -0.974. The molecular weight excluding hydrogens is 176 g/mol. The van der Waals surface area contributed by atoms with Crippen molar-refractivity contribution in [3.63, 3.8) is 0 Å². The molecule has 0 aromatic rings. The molecule has 0 spiro atoms. The first kappa shape index (κ1) is 10.8. The molecule has 0 saturated carbocycles. The highest BCUT2D eigenvalue weighted by Gasteiger charge is 2.34. The lowest BCUT2D eigenvalue weighted by Gasteiger charge is -2.40. The summed E-state index contributed by atoms with van der Waals surface area (Å²) < 4.78 is 0. The van der Waals surface area contributed by atoms with Crippen LogP contribution in [0, 0.1) is 0 Å². The molecule has 1 heterocycles. The zero-order valence-electron chi connectivity index (χ0n) is 7.30. The van der Waals surface area contributed by atoms with Gasteiger partial charge < -0.3 is 20.4 Å². The van der Waals surface area contributed by atoms with E-state index in [2.05, 4.69) is 5.43 Å². The quantitative estimate of drug-likeness (QED) is 0.325. The SMILES string of the molecule is OCCN1NCC(O)C(O)C1CO. The molecule has 3 unspecified atom stereocenters. The fourth-order valence-corrected chi connectivity index (χ4v) is 1.45. The van der Waals surface area contributed by atoms with Crippen molar-refractivity contribution >= 4 is 0 Å². The lowest BCUT2D eigenvalue weighted by molar-refractivity contribution is -0.111. The molecule has 6 nitrogen and oxygen atoms in total. The summed E-state index contributed by atoms with van der Waals surface area (Å²) in [7, 11) is 0. The van der Waals surface area contributed by atoms with Crippen molar-refractivity contribution in [2.45, 2.75) is 18.2 Å². The number of nitrogens with zero attached hydrogens (tertiary/aromatic N) is 1. The van der Waals surface area contributed by atoms with Gasteiger partial charge in [0, 0.05) is 13.1 Å². The summed E-state index contributed by atoms with van der Waals surface area (Å²) in [6, 6.07) is -0.559. The Morgan fingerprint density at radius 2 is 2.00 bits per heavy atom. The van der Waals surface area contributed by atoms with E-state index in [1.807, 2.05) is 0 Å². The van der Waals surface area contributed by atoms with Gasteiger partial charge in [0.2, 0.25) is 0 Å². The molecule has 6 heteroatoms. The standard InChI is InChI=1S/C7H16N2O4/c10-2-1-9-5(4-11)7(13)6(12)3-8-9/h5-8,10-13H,1-4H2. The maximum Gasteiger partial charge on any atom is 0.100 e. The van der Waals surface area contributed by atoms with E-state index in [1.54, 1.807) is 0 Å². The number of rotatable bonds is 3. The predicted molar refractivity (Wildman–Crippen MR) is 44.7 cm³/mol. The molecule has 1 rings (SSSR count). The van der Waals surface area contributed by atoms with E-state index in [-0.39, 0.29) is 19.8 Å². The summed E-state index contributed by atoms with van der Waals surface area (Å²) in [5.41, 5.74) is 2.80. The third-order valence-corrected chi connectivity index (χ3v) is 2.22. The van der Waals surface area contributed by atoms with E-state index in [9.17, 15) is 10.2 Å². The predicted octanol–water partition coefficient (Wildman–Crippen LogP) is -3.12. The first-order chi connectivity index (χ1) is 6.20. The highest BCUT2D eigenvalue weighted by atomic mass is 16.3. The number of nitrogens with one attached hydrogen (secondary N) is 1. The van der Waals surface area contributed by atoms with Crippen molar-refractivity contribution in [3.8, 4) is 0 Å². The Hall–Kier alpha value is -0.240. The average Bonchev–Trinajstić information content (AvgIpc) is 2.12. The minimum Gasteiger partial charge on any atom is -0.395 e. The van der Waals surface area contributed by atoms with E-state index in [0.717, 1.165) is 0 Å². The number of hydrazine groups is 1. The van der Waals surface area contributed by atoms with Gasteiger partial charge in [-0.1, -0.05) is 0 Å². The molecule has 0 aromatic carbocycles. The first-order valence-electron chi connectivity index (χ1n) is 4.28. The molecule has 1 aliphatic heterocycles. The lowest BCUT2D eigenvalue weighted by atomic mass is 10.0. The number of hydrogen-bond donors (Lipinski definition) is 5. The van der Waals surface area contributed by atoms with Crippen LogP contribution in [0.3, 0.4) is 0 Å². The monoisotopic (exact) mass is 192 g/mol. The molecule has 0 aliphatic carbocycles. The van der Waals surface area contributed by atoms with Crippen molar-refractivity contribution < 1.29 is 20.4 Å². The van der Waals surface area contributed by atoms with E-state index < -0.39 is 18.2 Å². The molecular formula is C7H16N2O4. The Balaban J connectivity index is 2.55. The molecule has 0 bridgehead atoms. The molecule has 3 atom stereocenters. The maximum absolute atomic E-state index is 9.46. The zero-order chi connectivity index (χ0) is 9.84. The van der Waals surface area contributed by atoms with E-state index in [4.69, 9.17) is 10.2 Å². The molecule has 1 saturated heterocycles. The Morgan fingerprint density at radius 3 is 2.54 bits per heavy atom. The minimum absolute atomic E-state index is 0.0632. The van der Waals surface area contributed by atoms with Gasteiger partial charge >= 0.3 is 0 Å². The topological polar surface area (TPSA) is 96.2 Å². The Labute approximate surface area is 76.4 Å². The summed E-state index contributed by atoms with van der Waals surface area (Å²) in [5, 5.41) is 37.9. The van der Waals surface area contributed by atoms with Crippen LogP contribution in [0.15, 0.2) is 0 Å². The molecule has 0 radical (unpaired) electrons. The van der Waals surface area contributed by atoms with Gasteiger partial charge in [0.15, 0.2) is 0 Å². The van der Waals surface area contributed by atoms with Crippen LogP contribution in [-0.4, -0.2) is 70.0 Å². The molecule has 0 aromatic heterocycles. The summed E-state index contributed by atoms with van der Waals surface area (Å²) in [4.78, 5) is 0.